The quantitative estimate of drug-likeness (QED) is 0.827. The van der Waals surface area contributed by atoms with Crippen LogP contribution in [0.25, 0.3) is 0 Å². The molecule has 1 amide bonds. The Kier molecular flexibility index (Phi) is 5.05. The molecule has 0 saturated carbocycles. The van der Waals surface area contributed by atoms with Gasteiger partial charge in [-0.3, -0.25) is 4.79 Å². The van der Waals surface area contributed by atoms with Crippen LogP contribution in [0.4, 0.5) is 5.69 Å². The van der Waals surface area contributed by atoms with Gasteiger partial charge in [-0.2, -0.15) is 0 Å². The van der Waals surface area contributed by atoms with Crippen molar-refractivity contribution in [2.75, 3.05) is 44.2 Å². The molecule has 19 heavy (non-hydrogen) atoms. The number of rotatable bonds is 4. The Morgan fingerprint density at radius 2 is 2.16 bits per heavy atom. The molecule has 0 atom stereocenters. The highest BCUT2D eigenvalue weighted by Gasteiger charge is 2.19. The van der Waals surface area contributed by atoms with Gasteiger partial charge in [-0.05, 0) is 18.2 Å². The van der Waals surface area contributed by atoms with Crippen LogP contribution in [0.3, 0.4) is 0 Å². The molecule has 0 spiro atoms. The summed E-state index contributed by atoms with van der Waals surface area (Å²) in [6, 6.07) is 8.02. The summed E-state index contributed by atoms with van der Waals surface area (Å²) in [7, 11) is 0. The molecule has 4 nitrogen and oxygen atoms in total. The molecule has 0 bridgehead atoms. The highest BCUT2D eigenvalue weighted by atomic mass is 35.5. The number of halogens is 1. The van der Waals surface area contributed by atoms with E-state index < -0.39 is 0 Å². The van der Waals surface area contributed by atoms with Crippen LogP contribution in [-0.4, -0.2) is 45.2 Å². The average molecular weight is 283 g/mol. The third kappa shape index (κ3) is 4.40. The summed E-state index contributed by atoms with van der Waals surface area (Å²) >= 11 is 6.02. The van der Waals surface area contributed by atoms with Crippen LogP contribution in [0, 0.1) is 0 Å². The number of benzene rings is 1. The predicted octanol–water partition coefficient (Wildman–Crippen LogP) is 0.181. The number of piperazine rings is 1. The molecule has 1 aliphatic rings. The van der Waals surface area contributed by atoms with Gasteiger partial charge in [0.1, 0.15) is 0 Å². The fourth-order valence-electron chi connectivity index (χ4n) is 2.42. The molecule has 0 radical (unpaired) electrons. The van der Waals surface area contributed by atoms with Crippen molar-refractivity contribution in [3.05, 3.63) is 29.3 Å². The number of nitrogens with one attached hydrogen (secondary N) is 2. The van der Waals surface area contributed by atoms with Crippen molar-refractivity contribution < 1.29 is 9.69 Å². The monoisotopic (exact) mass is 282 g/mol. The van der Waals surface area contributed by atoms with Crippen LogP contribution in [0.15, 0.2) is 24.3 Å². The van der Waals surface area contributed by atoms with E-state index >= 15 is 0 Å². The molecule has 5 heteroatoms. The smallest absolute Gasteiger partial charge is 0.217 e. The molecule has 1 saturated heterocycles. The lowest BCUT2D eigenvalue weighted by Crippen LogP contribution is -3.15. The van der Waals surface area contributed by atoms with Gasteiger partial charge in [0.2, 0.25) is 5.91 Å². The molecule has 1 aromatic rings. The zero-order valence-corrected chi connectivity index (χ0v) is 12.0. The summed E-state index contributed by atoms with van der Waals surface area (Å²) in [4.78, 5) is 14.7. The standard InChI is InChI=1S/C14H20ClN3O/c1-12(19)16-5-6-17-7-9-18(10-8-17)14-4-2-3-13(15)11-14/h2-4,11H,5-10H2,1H3,(H,16,19)/p+1. The number of hydrogen-bond acceptors (Lipinski definition) is 2. The maximum Gasteiger partial charge on any atom is 0.217 e. The van der Waals surface area contributed by atoms with Gasteiger partial charge in [0, 0.05) is 17.6 Å². The van der Waals surface area contributed by atoms with Crippen molar-refractivity contribution in [2.24, 2.45) is 0 Å². The highest BCUT2D eigenvalue weighted by Crippen LogP contribution is 2.19. The van der Waals surface area contributed by atoms with Crippen molar-refractivity contribution in [3.8, 4) is 0 Å². The Balaban J connectivity index is 1.77. The van der Waals surface area contributed by atoms with E-state index in [1.54, 1.807) is 11.8 Å². The summed E-state index contributed by atoms with van der Waals surface area (Å²) in [6.07, 6.45) is 0. The van der Waals surface area contributed by atoms with E-state index in [0.29, 0.717) is 0 Å². The Morgan fingerprint density at radius 1 is 1.42 bits per heavy atom. The second-order valence-corrected chi connectivity index (χ2v) is 5.39. The molecule has 1 heterocycles. The van der Waals surface area contributed by atoms with Crippen molar-refractivity contribution >= 4 is 23.2 Å². The Hall–Kier alpha value is -1.26. The third-order valence-corrected chi connectivity index (χ3v) is 3.73. The summed E-state index contributed by atoms with van der Waals surface area (Å²) in [5.41, 5.74) is 1.20. The van der Waals surface area contributed by atoms with Gasteiger partial charge in [-0.15, -0.1) is 0 Å². The van der Waals surface area contributed by atoms with Gasteiger partial charge in [-0.1, -0.05) is 17.7 Å². The van der Waals surface area contributed by atoms with Gasteiger partial charge in [0.15, 0.2) is 0 Å². The Labute approximate surface area is 119 Å². The summed E-state index contributed by atoms with van der Waals surface area (Å²) in [5.74, 6) is 0.0527. The van der Waals surface area contributed by atoms with Gasteiger partial charge >= 0.3 is 0 Å². The zero-order valence-electron chi connectivity index (χ0n) is 11.3. The van der Waals surface area contributed by atoms with E-state index in [2.05, 4.69) is 16.3 Å². The minimum Gasteiger partial charge on any atom is -0.360 e. The summed E-state index contributed by atoms with van der Waals surface area (Å²) in [6.45, 7) is 7.61. The van der Waals surface area contributed by atoms with E-state index in [1.807, 2.05) is 18.2 Å². The molecule has 2 rings (SSSR count). The van der Waals surface area contributed by atoms with E-state index in [9.17, 15) is 4.79 Å². The SMILES string of the molecule is CC(=O)NCC[NH+]1CCN(c2cccc(Cl)c2)CC1. The first kappa shape index (κ1) is 14.2. The molecule has 1 fully saturated rings. The van der Waals surface area contributed by atoms with Crippen molar-refractivity contribution in [1.29, 1.82) is 0 Å². The van der Waals surface area contributed by atoms with Crippen LogP contribution in [0.5, 0.6) is 0 Å². The first-order valence-corrected chi connectivity index (χ1v) is 7.11. The number of hydrogen-bond donors (Lipinski definition) is 2. The topological polar surface area (TPSA) is 36.8 Å². The van der Waals surface area contributed by atoms with Crippen LogP contribution >= 0.6 is 11.6 Å². The second kappa shape index (κ2) is 6.78. The minimum atomic E-state index is 0.0527. The Morgan fingerprint density at radius 3 is 2.79 bits per heavy atom. The maximum atomic E-state index is 10.8. The maximum absolute atomic E-state index is 10.8. The predicted molar refractivity (Wildman–Crippen MR) is 77.9 cm³/mol. The molecular formula is C14H21ClN3O+. The van der Waals surface area contributed by atoms with E-state index in [4.69, 9.17) is 11.6 Å². The number of carbonyl (C=O) groups excluding carboxylic acids is 1. The minimum absolute atomic E-state index is 0.0527. The van der Waals surface area contributed by atoms with Gasteiger partial charge in [0.25, 0.3) is 0 Å². The van der Waals surface area contributed by atoms with Crippen LogP contribution in [0.2, 0.25) is 5.02 Å². The normalized spacial score (nSPS) is 16.4. The molecule has 2 N–H and O–H groups in total. The fourth-order valence-corrected chi connectivity index (χ4v) is 2.60. The number of amides is 1. The molecule has 0 aromatic heterocycles. The zero-order chi connectivity index (χ0) is 13.7. The lowest BCUT2D eigenvalue weighted by molar-refractivity contribution is -0.899. The van der Waals surface area contributed by atoms with Crippen molar-refractivity contribution in [2.45, 2.75) is 6.92 Å². The third-order valence-electron chi connectivity index (χ3n) is 3.50. The van der Waals surface area contributed by atoms with Crippen LogP contribution < -0.4 is 15.1 Å². The number of carbonyl (C=O) groups is 1. The van der Waals surface area contributed by atoms with Crippen molar-refractivity contribution in [1.82, 2.24) is 5.32 Å². The fraction of sp³-hybridized carbons (Fsp3) is 0.500. The first-order valence-electron chi connectivity index (χ1n) is 6.73. The van der Waals surface area contributed by atoms with E-state index in [-0.39, 0.29) is 5.91 Å². The van der Waals surface area contributed by atoms with Gasteiger partial charge in [0.05, 0.1) is 39.3 Å². The number of nitrogens with zero attached hydrogens (tertiary/aromatic N) is 1. The Bertz CT molecular complexity index is 430. The lowest BCUT2D eigenvalue weighted by Gasteiger charge is -2.33. The molecule has 0 aliphatic carbocycles. The van der Waals surface area contributed by atoms with E-state index in [0.717, 1.165) is 44.3 Å². The van der Waals surface area contributed by atoms with Gasteiger partial charge < -0.3 is 15.1 Å². The second-order valence-electron chi connectivity index (χ2n) is 4.95. The summed E-state index contributed by atoms with van der Waals surface area (Å²) in [5, 5.41) is 3.64. The van der Waals surface area contributed by atoms with E-state index in [1.165, 1.54) is 5.69 Å². The summed E-state index contributed by atoms with van der Waals surface area (Å²) < 4.78 is 0. The number of quaternary nitrogens is 1. The average Bonchev–Trinajstić information content (AvgIpc) is 2.39. The molecule has 1 aromatic carbocycles. The molecule has 104 valence electrons. The lowest BCUT2D eigenvalue weighted by atomic mass is 10.2. The molecule has 0 unspecified atom stereocenters. The van der Waals surface area contributed by atoms with Crippen LogP contribution in [0.1, 0.15) is 6.92 Å². The number of anilines is 1. The first-order chi connectivity index (χ1) is 9.15. The molecule has 1 aliphatic heterocycles. The van der Waals surface area contributed by atoms with Gasteiger partial charge in [-0.25, -0.2) is 0 Å². The highest BCUT2D eigenvalue weighted by molar-refractivity contribution is 6.30. The largest absolute Gasteiger partial charge is 0.360 e. The molecular weight excluding hydrogens is 262 g/mol. The van der Waals surface area contributed by atoms with Crippen LogP contribution in [-0.2, 0) is 4.79 Å². The van der Waals surface area contributed by atoms with Crippen molar-refractivity contribution in [3.63, 3.8) is 0 Å².